The number of para-hydroxylation sites is 1. The Morgan fingerprint density at radius 3 is 2.52 bits per heavy atom. The summed E-state index contributed by atoms with van der Waals surface area (Å²) in [5, 5.41) is 4.93. The van der Waals surface area contributed by atoms with Crippen LogP contribution in [0.5, 0.6) is 0 Å². The maximum atomic E-state index is 11.1. The quantitative estimate of drug-likeness (QED) is 0.804. The minimum atomic E-state index is -4.04. The normalized spacial score (nSPS) is 27.3. The van der Waals surface area contributed by atoms with E-state index < -0.39 is 28.3 Å². The van der Waals surface area contributed by atoms with Gasteiger partial charge in [0.2, 0.25) is 0 Å². The van der Waals surface area contributed by atoms with Crippen molar-refractivity contribution in [2.45, 2.75) is 50.1 Å². The Bertz CT molecular complexity index is 658. The lowest BCUT2D eigenvalue weighted by atomic mass is 9.94. The molecule has 1 aromatic carbocycles. The van der Waals surface area contributed by atoms with Crippen molar-refractivity contribution in [2.24, 2.45) is 5.14 Å². The lowest BCUT2D eigenvalue weighted by Gasteiger charge is -2.32. The predicted octanol–water partition coefficient (Wildman–Crippen LogP) is 1.61. The molecule has 8 heteroatoms. The summed E-state index contributed by atoms with van der Waals surface area (Å²) in [5.74, 6) is -0.683. The molecular weight excluding hydrogens is 320 g/mol. The molecule has 1 heterocycles. The number of rotatable bonds is 4. The van der Waals surface area contributed by atoms with E-state index in [1.165, 1.54) is 0 Å². The molecule has 7 nitrogen and oxygen atoms in total. The molecule has 2 aliphatic rings. The predicted molar refractivity (Wildman–Crippen MR) is 84.4 cm³/mol. The molecule has 0 amide bonds. The van der Waals surface area contributed by atoms with E-state index in [0.29, 0.717) is 5.69 Å². The highest BCUT2D eigenvalue weighted by Crippen LogP contribution is 2.47. The van der Waals surface area contributed by atoms with Crippen LogP contribution in [0.1, 0.15) is 43.8 Å². The smallest absolute Gasteiger partial charge is 0.333 e. The third-order valence-corrected chi connectivity index (χ3v) is 4.82. The first-order valence-corrected chi connectivity index (χ1v) is 9.23. The Labute approximate surface area is 136 Å². The first-order valence-electron chi connectivity index (χ1n) is 7.76. The van der Waals surface area contributed by atoms with Gasteiger partial charge in [0.25, 0.3) is 0 Å². The summed E-state index contributed by atoms with van der Waals surface area (Å²) in [6.07, 6.45) is 3.68. The van der Waals surface area contributed by atoms with Gasteiger partial charge in [-0.25, -0.2) is 5.14 Å². The van der Waals surface area contributed by atoms with Gasteiger partial charge in [-0.3, -0.25) is 4.18 Å². The van der Waals surface area contributed by atoms with Crippen LogP contribution in [0.25, 0.3) is 0 Å². The van der Waals surface area contributed by atoms with E-state index in [2.05, 4.69) is 0 Å². The van der Waals surface area contributed by atoms with Crippen molar-refractivity contribution >= 4 is 16.0 Å². The molecule has 2 atom stereocenters. The summed E-state index contributed by atoms with van der Waals surface area (Å²) in [6.45, 7) is -0.195. The number of benzene rings is 1. The Kier molecular flexibility index (Phi) is 4.61. The number of hydrogen-bond donors (Lipinski definition) is 2. The molecule has 1 saturated heterocycles. The highest BCUT2D eigenvalue weighted by Gasteiger charge is 2.49. The third kappa shape index (κ3) is 3.84. The maximum Gasteiger partial charge on any atom is 0.333 e. The highest BCUT2D eigenvalue weighted by atomic mass is 32.2. The van der Waals surface area contributed by atoms with E-state index >= 15 is 0 Å². The minimum Gasteiger partial charge on any atom is -0.398 e. The average Bonchev–Trinajstić information content (AvgIpc) is 2.84. The molecule has 128 valence electrons. The van der Waals surface area contributed by atoms with Crippen molar-refractivity contribution in [1.82, 2.24) is 0 Å². The van der Waals surface area contributed by atoms with Crippen molar-refractivity contribution in [1.29, 1.82) is 0 Å². The van der Waals surface area contributed by atoms with Crippen molar-refractivity contribution in [3.05, 3.63) is 29.8 Å². The lowest BCUT2D eigenvalue weighted by Crippen LogP contribution is -2.34. The van der Waals surface area contributed by atoms with E-state index in [9.17, 15) is 8.42 Å². The van der Waals surface area contributed by atoms with Crippen LogP contribution in [-0.4, -0.2) is 26.9 Å². The maximum absolute atomic E-state index is 11.1. The van der Waals surface area contributed by atoms with Crippen molar-refractivity contribution in [3.63, 3.8) is 0 Å². The molecule has 0 aromatic heterocycles. The van der Waals surface area contributed by atoms with Crippen molar-refractivity contribution in [2.75, 3.05) is 12.3 Å². The van der Waals surface area contributed by atoms with Gasteiger partial charge in [0.05, 0.1) is 6.61 Å². The molecule has 1 aromatic rings. The Morgan fingerprint density at radius 1 is 1.17 bits per heavy atom. The number of nitrogen functional groups attached to an aromatic ring is 1. The average molecular weight is 342 g/mol. The standard InChI is InChI=1S/C15H22N2O5S/c16-12-7-3-2-6-11(12)14-13(10-20-23(17,18)19)21-15(22-14)8-4-1-5-9-15/h2-3,6-7,13-14H,1,4-5,8-10,16H2,(H2,17,18,19)/t13-,14-/m0/s1. The van der Waals surface area contributed by atoms with Gasteiger partial charge in [0.15, 0.2) is 5.79 Å². The van der Waals surface area contributed by atoms with Crippen LogP contribution in [0, 0.1) is 0 Å². The molecule has 0 bridgehead atoms. The van der Waals surface area contributed by atoms with Gasteiger partial charge in [0, 0.05) is 24.1 Å². The van der Waals surface area contributed by atoms with E-state index in [4.69, 9.17) is 24.5 Å². The van der Waals surface area contributed by atoms with Gasteiger partial charge in [-0.15, -0.1) is 0 Å². The van der Waals surface area contributed by atoms with Crippen molar-refractivity contribution in [3.8, 4) is 0 Å². The number of nitrogens with two attached hydrogens (primary N) is 2. The highest BCUT2D eigenvalue weighted by molar-refractivity contribution is 7.84. The Balaban J connectivity index is 1.85. The first kappa shape index (κ1) is 16.7. The summed E-state index contributed by atoms with van der Waals surface area (Å²) in [7, 11) is -4.04. The van der Waals surface area contributed by atoms with Crippen LogP contribution in [0.4, 0.5) is 5.69 Å². The fourth-order valence-corrected chi connectivity index (χ4v) is 3.64. The van der Waals surface area contributed by atoms with Crippen LogP contribution in [0.2, 0.25) is 0 Å². The van der Waals surface area contributed by atoms with Crippen LogP contribution in [0.3, 0.4) is 0 Å². The molecule has 0 unspecified atom stereocenters. The van der Waals surface area contributed by atoms with Crippen molar-refractivity contribution < 1.29 is 22.1 Å². The van der Waals surface area contributed by atoms with Gasteiger partial charge in [-0.2, -0.15) is 8.42 Å². The zero-order chi connectivity index (χ0) is 16.5. The molecule has 23 heavy (non-hydrogen) atoms. The second-order valence-electron chi connectivity index (χ2n) is 6.07. The topological polar surface area (TPSA) is 114 Å². The molecule has 1 saturated carbocycles. The van der Waals surface area contributed by atoms with E-state index in [1.807, 2.05) is 18.2 Å². The zero-order valence-electron chi connectivity index (χ0n) is 12.8. The molecule has 3 rings (SSSR count). The fourth-order valence-electron chi connectivity index (χ4n) is 3.32. The van der Waals surface area contributed by atoms with E-state index in [0.717, 1.165) is 37.7 Å². The van der Waals surface area contributed by atoms with Crippen LogP contribution >= 0.6 is 0 Å². The summed E-state index contributed by atoms with van der Waals surface area (Å²) in [6, 6.07) is 7.33. The van der Waals surface area contributed by atoms with Gasteiger partial charge in [-0.1, -0.05) is 24.6 Å². The van der Waals surface area contributed by atoms with Gasteiger partial charge in [0.1, 0.15) is 12.2 Å². The van der Waals surface area contributed by atoms with E-state index in [-0.39, 0.29) is 6.61 Å². The van der Waals surface area contributed by atoms with E-state index in [1.54, 1.807) is 6.07 Å². The molecule has 1 aliphatic carbocycles. The number of hydrogen-bond acceptors (Lipinski definition) is 6. The molecule has 4 N–H and O–H groups in total. The lowest BCUT2D eigenvalue weighted by molar-refractivity contribution is -0.196. The van der Waals surface area contributed by atoms with Crippen LogP contribution in [-0.2, 0) is 24.0 Å². The summed E-state index contributed by atoms with van der Waals surface area (Å²) >= 11 is 0. The number of anilines is 1. The molecule has 1 spiro atoms. The van der Waals surface area contributed by atoms with Gasteiger partial charge in [-0.05, 0) is 18.9 Å². The summed E-state index contributed by atoms with van der Waals surface area (Å²) < 4.78 is 39.2. The SMILES string of the molecule is Nc1ccccc1[C@@H]1OC2(CCCCC2)O[C@H]1COS(N)(=O)=O. The van der Waals surface area contributed by atoms with Crippen LogP contribution in [0.15, 0.2) is 24.3 Å². The molecule has 0 radical (unpaired) electrons. The van der Waals surface area contributed by atoms with Crippen LogP contribution < -0.4 is 10.9 Å². The summed E-state index contributed by atoms with van der Waals surface area (Å²) in [5.41, 5.74) is 7.40. The second kappa shape index (κ2) is 6.37. The summed E-state index contributed by atoms with van der Waals surface area (Å²) in [4.78, 5) is 0. The molecule has 2 fully saturated rings. The molecule has 1 aliphatic heterocycles. The fraction of sp³-hybridized carbons (Fsp3) is 0.600. The van der Waals surface area contributed by atoms with Gasteiger partial charge >= 0.3 is 10.3 Å². The first-order chi connectivity index (χ1) is 10.9. The zero-order valence-corrected chi connectivity index (χ0v) is 13.6. The Morgan fingerprint density at radius 2 is 1.87 bits per heavy atom. The largest absolute Gasteiger partial charge is 0.398 e. The Hall–Kier alpha value is -1.19. The second-order valence-corrected chi connectivity index (χ2v) is 7.29. The third-order valence-electron chi connectivity index (χ3n) is 4.36. The van der Waals surface area contributed by atoms with Gasteiger partial charge < -0.3 is 15.2 Å². The monoisotopic (exact) mass is 342 g/mol. The minimum absolute atomic E-state index is 0.195. The molecular formula is C15H22N2O5S. The number of ether oxygens (including phenoxy) is 2.